The van der Waals surface area contributed by atoms with Gasteiger partial charge in [0.2, 0.25) is 5.78 Å². The van der Waals surface area contributed by atoms with Crippen LogP contribution in [0.1, 0.15) is 16.1 Å². The van der Waals surface area contributed by atoms with E-state index >= 15 is 0 Å². The number of hydrogen-bond donors (Lipinski definition) is 0. The van der Waals surface area contributed by atoms with E-state index in [-0.39, 0.29) is 5.78 Å². The van der Waals surface area contributed by atoms with Gasteiger partial charge >= 0.3 is 0 Å². The zero-order valence-corrected chi connectivity index (χ0v) is 11.3. The molecule has 2 rings (SSSR count). The number of hydrogen-bond acceptors (Lipinski definition) is 3. The van der Waals surface area contributed by atoms with Gasteiger partial charge in [0.1, 0.15) is 11.3 Å². The van der Waals surface area contributed by atoms with Crippen LogP contribution < -0.4 is 0 Å². The predicted octanol–water partition coefficient (Wildman–Crippen LogP) is 2.55. The number of pyridine rings is 1. The van der Waals surface area contributed by atoms with E-state index in [0.29, 0.717) is 10.7 Å². The van der Waals surface area contributed by atoms with Gasteiger partial charge in [-0.3, -0.25) is 9.20 Å². The van der Waals surface area contributed by atoms with Crippen LogP contribution in [0.3, 0.4) is 0 Å². The summed E-state index contributed by atoms with van der Waals surface area (Å²) >= 11 is 6.06. The number of halogens is 1. The summed E-state index contributed by atoms with van der Waals surface area (Å²) in [6, 6.07) is 1.86. The monoisotopic (exact) mass is 263 g/mol. The maximum absolute atomic E-state index is 12.0. The molecular weight excluding hydrogens is 250 g/mol. The van der Waals surface area contributed by atoms with Crippen LogP contribution in [0.2, 0.25) is 5.02 Å². The van der Waals surface area contributed by atoms with Crippen molar-refractivity contribution >= 4 is 23.0 Å². The lowest BCUT2D eigenvalue weighted by molar-refractivity contribution is 0.104. The minimum Gasteiger partial charge on any atom is -0.383 e. The molecule has 0 bridgehead atoms. The highest BCUT2D eigenvalue weighted by molar-refractivity contribution is 6.31. The molecule has 0 N–H and O–H groups in total. The molecule has 5 heteroatoms. The predicted molar refractivity (Wildman–Crippen MR) is 72.1 cm³/mol. The average Bonchev–Trinajstić information content (AvgIpc) is 2.69. The lowest BCUT2D eigenvalue weighted by Crippen LogP contribution is -2.05. The fourth-order valence-corrected chi connectivity index (χ4v) is 1.73. The minimum absolute atomic E-state index is 0.101. The summed E-state index contributed by atoms with van der Waals surface area (Å²) in [5, 5.41) is 0.617. The van der Waals surface area contributed by atoms with Crippen molar-refractivity contribution in [3.8, 4) is 0 Å². The molecule has 2 aromatic rings. The molecule has 0 aliphatic heterocycles. The minimum atomic E-state index is -0.101. The van der Waals surface area contributed by atoms with E-state index in [1.807, 2.05) is 27.1 Å². The molecule has 0 saturated heterocycles. The van der Waals surface area contributed by atoms with Crippen molar-refractivity contribution in [2.45, 2.75) is 6.92 Å². The molecule has 0 amide bonds. The van der Waals surface area contributed by atoms with Crippen molar-refractivity contribution < 1.29 is 4.79 Å². The van der Waals surface area contributed by atoms with Crippen molar-refractivity contribution in [1.82, 2.24) is 14.3 Å². The van der Waals surface area contributed by atoms with Gasteiger partial charge in [-0.1, -0.05) is 11.6 Å². The van der Waals surface area contributed by atoms with E-state index in [9.17, 15) is 4.79 Å². The number of nitrogens with zero attached hydrogens (tertiary/aromatic N) is 3. The largest absolute Gasteiger partial charge is 0.383 e. The topological polar surface area (TPSA) is 37.6 Å². The number of fused-ring (bicyclic) bond motifs is 1. The third kappa shape index (κ3) is 2.38. The number of ketones is 1. The fraction of sp³-hybridized carbons (Fsp3) is 0.231. The SMILES string of the molecule is Cc1cc2ncc(C(=O)C=CN(C)C)n2cc1Cl. The van der Waals surface area contributed by atoms with E-state index in [1.165, 1.54) is 6.08 Å². The molecule has 18 heavy (non-hydrogen) atoms. The summed E-state index contributed by atoms with van der Waals surface area (Å²) in [6.07, 6.45) is 6.50. The Morgan fingerprint density at radius 3 is 2.89 bits per heavy atom. The second-order valence-electron chi connectivity index (χ2n) is 4.32. The van der Waals surface area contributed by atoms with E-state index in [2.05, 4.69) is 4.98 Å². The molecule has 2 aromatic heterocycles. The maximum Gasteiger partial charge on any atom is 0.205 e. The Balaban J connectivity index is 2.46. The van der Waals surface area contributed by atoms with E-state index in [4.69, 9.17) is 11.6 Å². The molecule has 0 unspecified atom stereocenters. The fourth-order valence-electron chi connectivity index (χ4n) is 1.58. The Labute approximate surface area is 110 Å². The lowest BCUT2D eigenvalue weighted by Gasteiger charge is -2.04. The molecule has 0 aliphatic rings. The third-order valence-corrected chi connectivity index (χ3v) is 2.96. The molecule has 0 fully saturated rings. The van der Waals surface area contributed by atoms with Crippen molar-refractivity contribution in [2.24, 2.45) is 0 Å². The molecule has 0 aromatic carbocycles. The van der Waals surface area contributed by atoms with Gasteiger partial charge in [-0.25, -0.2) is 4.98 Å². The van der Waals surface area contributed by atoms with Gasteiger partial charge in [-0.05, 0) is 18.6 Å². The zero-order valence-electron chi connectivity index (χ0n) is 10.5. The average molecular weight is 264 g/mol. The summed E-state index contributed by atoms with van der Waals surface area (Å²) in [7, 11) is 3.72. The molecule has 0 saturated carbocycles. The number of rotatable bonds is 3. The summed E-state index contributed by atoms with van der Waals surface area (Å²) in [4.78, 5) is 18.0. The summed E-state index contributed by atoms with van der Waals surface area (Å²) in [5.74, 6) is -0.101. The van der Waals surface area contributed by atoms with Crippen molar-refractivity contribution in [3.05, 3.63) is 47.0 Å². The summed E-state index contributed by atoms with van der Waals surface area (Å²) in [6.45, 7) is 1.91. The third-order valence-electron chi connectivity index (χ3n) is 2.57. The van der Waals surface area contributed by atoms with E-state index in [0.717, 1.165) is 11.2 Å². The first-order valence-electron chi connectivity index (χ1n) is 5.51. The Kier molecular flexibility index (Phi) is 3.39. The highest BCUT2D eigenvalue weighted by atomic mass is 35.5. The molecule has 2 heterocycles. The van der Waals surface area contributed by atoms with E-state index < -0.39 is 0 Å². The normalized spacial score (nSPS) is 11.3. The second-order valence-corrected chi connectivity index (χ2v) is 4.73. The highest BCUT2D eigenvalue weighted by Gasteiger charge is 2.10. The van der Waals surface area contributed by atoms with Crippen LogP contribution in [-0.2, 0) is 0 Å². The van der Waals surface area contributed by atoms with E-state index in [1.54, 1.807) is 27.9 Å². The van der Waals surface area contributed by atoms with Crippen molar-refractivity contribution in [3.63, 3.8) is 0 Å². The van der Waals surface area contributed by atoms with Crippen LogP contribution in [-0.4, -0.2) is 34.2 Å². The van der Waals surface area contributed by atoms with Crippen molar-refractivity contribution in [1.29, 1.82) is 0 Å². The van der Waals surface area contributed by atoms with Gasteiger partial charge in [-0.15, -0.1) is 0 Å². The van der Waals surface area contributed by atoms with Gasteiger partial charge in [-0.2, -0.15) is 0 Å². The Bertz CT molecular complexity index is 628. The van der Waals surface area contributed by atoms with Crippen LogP contribution in [0.5, 0.6) is 0 Å². The first-order chi connectivity index (χ1) is 8.49. The molecule has 4 nitrogen and oxygen atoms in total. The van der Waals surface area contributed by atoms with Gasteiger partial charge in [0.15, 0.2) is 0 Å². The molecule has 0 spiro atoms. The summed E-state index contributed by atoms with van der Waals surface area (Å²) in [5.41, 5.74) is 2.17. The van der Waals surface area contributed by atoms with Gasteiger partial charge in [0, 0.05) is 32.6 Å². The number of aromatic nitrogens is 2. The van der Waals surface area contributed by atoms with Crippen LogP contribution >= 0.6 is 11.6 Å². The number of carbonyl (C=O) groups is 1. The first kappa shape index (κ1) is 12.6. The van der Waals surface area contributed by atoms with Gasteiger partial charge in [0.05, 0.1) is 11.2 Å². The second kappa shape index (κ2) is 4.82. The quantitative estimate of drug-likeness (QED) is 0.631. The molecule has 0 radical (unpaired) electrons. The Morgan fingerprint density at radius 2 is 2.22 bits per heavy atom. The summed E-state index contributed by atoms with van der Waals surface area (Å²) < 4.78 is 1.71. The number of imidazole rings is 1. The molecule has 0 aliphatic carbocycles. The van der Waals surface area contributed by atoms with Gasteiger partial charge < -0.3 is 4.90 Å². The first-order valence-corrected chi connectivity index (χ1v) is 5.89. The number of aryl methyl sites for hydroxylation is 1. The molecular formula is C13H14ClN3O. The molecule has 0 atom stereocenters. The number of allylic oxidation sites excluding steroid dienone is 1. The Morgan fingerprint density at radius 1 is 1.50 bits per heavy atom. The molecule has 94 valence electrons. The smallest absolute Gasteiger partial charge is 0.205 e. The highest BCUT2D eigenvalue weighted by Crippen LogP contribution is 2.18. The Hall–Kier alpha value is -1.81. The standard InChI is InChI=1S/C13H14ClN3O/c1-9-6-13-15-7-11(17(13)8-10(9)14)12(18)4-5-16(2)3/h4-8H,1-3H3. The van der Waals surface area contributed by atoms with Crippen LogP contribution in [0.15, 0.2) is 30.7 Å². The lowest BCUT2D eigenvalue weighted by atomic mass is 10.2. The van der Waals surface area contributed by atoms with Gasteiger partial charge in [0.25, 0.3) is 0 Å². The zero-order chi connectivity index (χ0) is 13.3. The maximum atomic E-state index is 12.0. The number of carbonyl (C=O) groups excluding carboxylic acids is 1. The van der Waals surface area contributed by atoms with Crippen LogP contribution in [0.4, 0.5) is 0 Å². The van der Waals surface area contributed by atoms with Crippen molar-refractivity contribution in [2.75, 3.05) is 14.1 Å². The van der Waals surface area contributed by atoms with Crippen LogP contribution in [0, 0.1) is 6.92 Å². The van der Waals surface area contributed by atoms with Crippen LogP contribution in [0.25, 0.3) is 5.65 Å².